The van der Waals surface area contributed by atoms with Gasteiger partial charge in [0.05, 0.1) is 6.61 Å². The van der Waals surface area contributed by atoms with Crippen molar-refractivity contribution in [3.63, 3.8) is 0 Å². The van der Waals surface area contributed by atoms with Crippen molar-refractivity contribution in [2.24, 2.45) is 5.73 Å². The van der Waals surface area contributed by atoms with Gasteiger partial charge in [-0.1, -0.05) is 94.8 Å². The van der Waals surface area contributed by atoms with Crippen molar-refractivity contribution in [2.75, 3.05) is 13.1 Å². The van der Waals surface area contributed by atoms with Gasteiger partial charge >= 0.3 is 6.09 Å². The topological polar surface area (TPSA) is 64.8 Å². The summed E-state index contributed by atoms with van der Waals surface area (Å²) in [4.78, 5) is 14.4. The number of rotatable bonds is 8. The van der Waals surface area contributed by atoms with E-state index in [9.17, 15) is 4.79 Å². The molecule has 5 nitrogen and oxygen atoms in total. The molecule has 1 aliphatic heterocycles. The average molecular weight is 509 g/mol. The minimum Gasteiger partial charge on any atom is -0.440 e. The molecule has 0 spiro atoms. The van der Waals surface area contributed by atoms with Gasteiger partial charge in [0, 0.05) is 36.9 Å². The average Bonchev–Trinajstić information content (AvgIpc) is 2.82. The first-order valence-corrected chi connectivity index (χ1v) is 12.0. The molecule has 0 aromatic heterocycles. The summed E-state index contributed by atoms with van der Waals surface area (Å²) >= 11 is 3.64. The Labute approximate surface area is 203 Å². The Hall–Kier alpha value is -2.67. The van der Waals surface area contributed by atoms with Crippen LogP contribution in [0.4, 0.5) is 4.79 Å². The lowest BCUT2D eigenvalue weighted by Crippen LogP contribution is -2.60. The molecule has 2 N–H and O–H groups in total. The Bertz CT molecular complexity index is 1050. The number of hydrogen-bond acceptors (Lipinski definition) is 4. The van der Waals surface area contributed by atoms with Crippen molar-refractivity contribution in [3.8, 4) is 0 Å². The largest absolute Gasteiger partial charge is 0.440 e. The van der Waals surface area contributed by atoms with Crippen molar-refractivity contribution in [2.45, 2.75) is 37.7 Å². The second-order valence-corrected chi connectivity index (χ2v) is 9.36. The van der Waals surface area contributed by atoms with E-state index in [4.69, 9.17) is 15.2 Å². The van der Waals surface area contributed by atoms with Crippen LogP contribution in [0.15, 0.2) is 89.4 Å². The van der Waals surface area contributed by atoms with E-state index in [0.717, 1.165) is 28.7 Å². The minimum atomic E-state index is -0.850. The first kappa shape index (κ1) is 23.5. The molecule has 0 aliphatic carbocycles. The van der Waals surface area contributed by atoms with Crippen LogP contribution in [0.2, 0.25) is 0 Å². The van der Waals surface area contributed by atoms with Crippen LogP contribution < -0.4 is 5.73 Å². The van der Waals surface area contributed by atoms with Gasteiger partial charge in [0.15, 0.2) is 0 Å². The molecule has 3 aromatic rings. The summed E-state index contributed by atoms with van der Waals surface area (Å²) in [6.07, 6.45) is 0.0428. The molecule has 1 aliphatic rings. The third-order valence-electron chi connectivity index (χ3n) is 6.16. The first-order chi connectivity index (χ1) is 16.0. The number of benzene rings is 3. The van der Waals surface area contributed by atoms with Gasteiger partial charge in [-0.05, 0) is 22.8 Å². The smallest absolute Gasteiger partial charge is 0.405 e. The molecule has 6 heteroatoms. The van der Waals surface area contributed by atoms with E-state index in [1.807, 2.05) is 60.7 Å². The molecule has 1 amide bonds. The Balaban J connectivity index is 1.60. The summed E-state index contributed by atoms with van der Waals surface area (Å²) in [5.74, 6) is 0. The molecule has 2 unspecified atom stereocenters. The molecule has 172 valence electrons. The van der Waals surface area contributed by atoms with Gasteiger partial charge in [-0.25, -0.2) is 4.79 Å². The second kappa shape index (κ2) is 11.0. The summed E-state index contributed by atoms with van der Waals surface area (Å²) in [5, 5.41) is 0. The molecule has 0 radical (unpaired) electrons. The van der Waals surface area contributed by atoms with Crippen molar-refractivity contribution in [1.29, 1.82) is 0 Å². The summed E-state index contributed by atoms with van der Waals surface area (Å²) in [5.41, 5.74) is 8.11. The van der Waals surface area contributed by atoms with Crippen molar-refractivity contribution in [3.05, 3.63) is 106 Å². The number of amides is 1. The van der Waals surface area contributed by atoms with Crippen molar-refractivity contribution in [1.82, 2.24) is 4.90 Å². The molecule has 3 aromatic carbocycles. The van der Waals surface area contributed by atoms with Crippen LogP contribution >= 0.6 is 15.9 Å². The number of primary amides is 1. The number of ether oxygens (including phenoxy) is 2. The SMILES string of the molecule is NC(=O)OC1(Cc2ccccc2Br)CCN(Cc2ccccc2)CC1OCc1ccccc1. The van der Waals surface area contributed by atoms with Crippen LogP contribution in [0.25, 0.3) is 0 Å². The lowest BCUT2D eigenvalue weighted by atomic mass is 9.82. The Kier molecular flexibility index (Phi) is 7.81. The van der Waals surface area contributed by atoms with Crippen LogP contribution in [0.1, 0.15) is 23.1 Å². The van der Waals surface area contributed by atoms with Gasteiger partial charge < -0.3 is 15.2 Å². The monoisotopic (exact) mass is 508 g/mol. The zero-order chi connectivity index (χ0) is 23.1. The van der Waals surface area contributed by atoms with Gasteiger partial charge in [-0.15, -0.1) is 0 Å². The van der Waals surface area contributed by atoms with Crippen LogP contribution in [-0.2, 0) is 29.0 Å². The summed E-state index contributed by atoms with van der Waals surface area (Å²) in [6.45, 7) is 2.66. The molecule has 1 heterocycles. The number of carbonyl (C=O) groups excluding carboxylic acids is 1. The lowest BCUT2D eigenvalue weighted by Gasteiger charge is -2.46. The molecular weight excluding hydrogens is 480 g/mol. The summed E-state index contributed by atoms with van der Waals surface area (Å²) in [7, 11) is 0. The Morgan fingerprint density at radius 2 is 1.61 bits per heavy atom. The zero-order valence-corrected chi connectivity index (χ0v) is 20.1. The predicted molar refractivity (Wildman–Crippen MR) is 133 cm³/mol. The van der Waals surface area contributed by atoms with E-state index in [0.29, 0.717) is 26.0 Å². The molecule has 33 heavy (non-hydrogen) atoms. The number of likely N-dealkylation sites (tertiary alicyclic amines) is 1. The predicted octanol–water partition coefficient (Wildman–Crippen LogP) is 5.32. The molecule has 1 saturated heterocycles. The maximum Gasteiger partial charge on any atom is 0.405 e. The first-order valence-electron chi connectivity index (χ1n) is 11.2. The van der Waals surface area contributed by atoms with Gasteiger partial charge in [-0.3, -0.25) is 4.90 Å². The number of halogens is 1. The van der Waals surface area contributed by atoms with Crippen LogP contribution in [0, 0.1) is 0 Å². The highest BCUT2D eigenvalue weighted by Gasteiger charge is 2.47. The van der Waals surface area contributed by atoms with Gasteiger partial charge in [-0.2, -0.15) is 0 Å². The standard InChI is InChI=1S/C27H29BrN2O3/c28-24-14-8-7-13-23(24)17-27(33-26(29)31)15-16-30(18-21-9-3-1-4-10-21)19-25(27)32-20-22-11-5-2-6-12-22/h1-14,25H,15-20H2,(H2,29,31). The number of nitrogens with two attached hydrogens (primary N) is 1. The Morgan fingerprint density at radius 3 is 2.27 bits per heavy atom. The maximum absolute atomic E-state index is 12.1. The second-order valence-electron chi connectivity index (χ2n) is 8.51. The molecule has 0 bridgehead atoms. The molecular formula is C27H29BrN2O3. The van der Waals surface area contributed by atoms with Gasteiger partial charge in [0.2, 0.25) is 0 Å². The normalized spacial score (nSPS) is 20.9. The highest BCUT2D eigenvalue weighted by molar-refractivity contribution is 9.10. The zero-order valence-electron chi connectivity index (χ0n) is 18.5. The quantitative estimate of drug-likeness (QED) is 0.447. The molecule has 1 fully saturated rings. The third-order valence-corrected chi connectivity index (χ3v) is 6.93. The number of nitrogens with zero attached hydrogens (tertiary/aromatic N) is 1. The molecule has 2 atom stereocenters. The van der Waals surface area contributed by atoms with Gasteiger partial charge in [0.1, 0.15) is 11.7 Å². The summed E-state index contributed by atoms with van der Waals surface area (Å²) < 4.78 is 13.4. The van der Waals surface area contributed by atoms with E-state index in [2.05, 4.69) is 45.1 Å². The van der Waals surface area contributed by atoms with Crippen LogP contribution in [0.3, 0.4) is 0 Å². The molecule has 4 rings (SSSR count). The van der Waals surface area contributed by atoms with Crippen molar-refractivity contribution >= 4 is 22.0 Å². The fraction of sp³-hybridized carbons (Fsp3) is 0.296. The van der Waals surface area contributed by atoms with E-state index in [-0.39, 0.29) is 6.10 Å². The van der Waals surface area contributed by atoms with Crippen LogP contribution in [-0.4, -0.2) is 35.8 Å². The lowest BCUT2D eigenvalue weighted by molar-refractivity contribution is -0.152. The summed E-state index contributed by atoms with van der Waals surface area (Å²) in [6, 6.07) is 28.4. The van der Waals surface area contributed by atoms with Gasteiger partial charge in [0.25, 0.3) is 0 Å². The molecule has 0 saturated carbocycles. The fourth-order valence-electron chi connectivity index (χ4n) is 4.48. The van der Waals surface area contributed by atoms with E-state index < -0.39 is 11.7 Å². The van der Waals surface area contributed by atoms with E-state index >= 15 is 0 Å². The minimum absolute atomic E-state index is 0.338. The van der Waals surface area contributed by atoms with Crippen LogP contribution in [0.5, 0.6) is 0 Å². The van der Waals surface area contributed by atoms with E-state index in [1.54, 1.807) is 0 Å². The highest BCUT2D eigenvalue weighted by atomic mass is 79.9. The number of piperidine rings is 1. The maximum atomic E-state index is 12.1. The highest BCUT2D eigenvalue weighted by Crippen LogP contribution is 2.35. The number of hydrogen-bond donors (Lipinski definition) is 1. The van der Waals surface area contributed by atoms with Crippen molar-refractivity contribution < 1.29 is 14.3 Å². The Morgan fingerprint density at radius 1 is 0.970 bits per heavy atom. The van der Waals surface area contributed by atoms with E-state index in [1.165, 1.54) is 5.56 Å². The third kappa shape index (κ3) is 6.22. The fourth-order valence-corrected chi connectivity index (χ4v) is 4.91. The number of carbonyl (C=O) groups is 1.